The van der Waals surface area contributed by atoms with Crippen molar-refractivity contribution in [2.24, 2.45) is 11.8 Å². The van der Waals surface area contributed by atoms with Gasteiger partial charge in [-0.25, -0.2) is 10.2 Å². The van der Waals surface area contributed by atoms with Gasteiger partial charge in [-0.3, -0.25) is 5.43 Å². The third kappa shape index (κ3) is 6.60. The van der Waals surface area contributed by atoms with E-state index in [1.165, 1.54) is 25.7 Å². The number of rotatable bonds is 5. The Labute approximate surface area is 124 Å². The minimum atomic E-state index is -0.448. The molecule has 20 heavy (non-hydrogen) atoms. The van der Waals surface area contributed by atoms with Crippen LogP contribution in [0.4, 0.5) is 4.79 Å². The molecule has 1 amide bonds. The van der Waals surface area contributed by atoms with E-state index in [-0.39, 0.29) is 6.09 Å². The largest absolute Gasteiger partial charge is 0.443 e. The Hall–Kier alpha value is -0.770. The lowest BCUT2D eigenvalue weighted by atomic mass is 9.76. The summed E-state index contributed by atoms with van der Waals surface area (Å²) in [6.45, 7) is 10.2. The highest BCUT2D eigenvalue weighted by Gasteiger charge is 2.27. The summed E-state index contributed by atoms with van der Waals surface area (Å²) in [6, 6.07) is 0.376. The molecule has 0 spiro atoms. The lowest BCUT2D eigenvalue weighted by molar-refractivity contribution is 0.0472. The maximum absolute atomic E-state index is 11.6. The number of hydrazine groups is 1. The first kappa shape index (κ1) is 17.3. The lowest BCUT2D eigenvalue weighted by Crippen LogP contribution is -2.48. The lowest BCUT2D eigenvalue weighted by Gasteiger charge is -2.35. The third-order valence-corrected chi connectivity index (χ3v) is 4.07. The second-order valence-electron chi connectivity index (χ2n) is 7.16. The van der Waals surface area contributed by atoms with Gasteiger partial charge in [0.1, 0.15) is 5.60 Å². The van der Waals surface area contributed by atoms with Crippen LogP contribution in [0.2, 0.25) is 0 Å². The molecular weight excluding hydrogens is 252 g/mol. The quantitative estimate of drug-likeness (QED) is 0.750. The highest BCUT2D eigenvalue weighted by atomic mass is 16.6. The van der Waals surface area contributed by atoms with Crippen molar-refractivity contribution in [1.29, 1.82) is 0 Å². The van der Waals surface area contributed by atoms with Gasteiger partial charge in [-0.2, -0.15) is 0 Å². The van der Waals surface area contributed by atoms with Crippen LogP contribution in [0.3, 0.4) is 0 Å². The second-order valence-corrected chi connectivity index (χ2v) is 7.16. The van der Waals surface area contributed by atoms with Crippen molar-refractivity contribution in [2.45, 2.75) is 84.8 Å². The number of hydrogen-bond donors (Lipinski definition) is 2. The van der Waals surface area contributed by atoms with Crippen molar-refractivity contribution >= 4 is 6.09 Å². The average molecular weight is 284 g/mol. The van der Waals surface area contributed by atoms with Crippen molar-refractivity contribution in [3.05, 3.63) is 0 Å². The summed E-state index contributed by atoms with van der Waals surface area (Å²) in [7, 11) is 0. The molecule has 0 aromatic carbocycles. The summed E-state index contributed by atoms with van der Waals surface area (Å²) in [5, 5.41) is 0. The Morgan fingerprint density at radius 2 is 2.00 bits per heavy atom. The minimum absolute atomic E-state index is 0.376. The van der Waals surface area contributed by atoms with Crippen molar-refractivity contribution in [2.75, 3.05) is 0 Å². The Morgan fingerprint density at radius 3 is 2.60 bits per heavy atom. The smallest absolute Gasteiger partial charge is 0.422 e. The molecule has 0 heterocycles. The number of hydrogen-bond acceptors (Lipinski definition) is 3. The van der Waals surface area contributed by atoms with E-state index < -0.39 is 5.60 Å². The van der Waals surface area contributed by atoms with E-state index in [4.69, 9.17) is 4.74 Å². The fourth-order valence-electron chi connectivity index (χ4n) is 2.88. The van der Waals surface area contributed by atoms with Crippen LogP contribution < -0.4 is 10.9 Å². The van der Waals surface area contributed by atoms with Crippen LogP contribution in [0.5, 0.6) is 0 Å². The van der Waals surface area contributed by atoms with E-state index in [0.29, 0.717) is 6.04 Å². The molecule has 4 heteroatoms. The zero-order valence-corrected chi connectivity index (χ0v) is 13.8. The first-order valence-corrected chi connectivity index (χ1v) is 8.06. The van der Waals surface area contributed by atoms with Crippen LogP contribution in [0, 0.1) is 11.8 Å². The van der Waals surface area contributed by atoms with Gasteiger partial charge in [-0.05, 0) is 51.9 Å². The van der Waals surface area contributed by atoms with E-state index in [9.17, 15) is 4.79 Å². The zero-order chi connectivity index (χ0) is 15.2. The summed E-state index contributed by atoms with van der Waals surface area (Å²) in [5.41, 5.74) is 5.39. The van der Waals surface area contributed by atoms with Gasteiger partial charge in [0, 0.05) is 6.04 Å². The summed E-state index contributed by atoms with van der Waals surface area (Å²) >= 11 is 0. The molecule has 4 nitrogen and oxygen atoms in total. The normalized spacial score (nSPS) is 27.1. The number of amides is 1. The summed E-state index contributed by atoms with van der Waals surface area (Å²) in [4.78, 5) is 11.6. The van der Waals surface area contributed by atoms with Crippen LogP contribution in [0.25, 0.3) is 0 Å². The minimum Gasteiger partial charge on any atom is -0.443 e. The molecule has 118 valence electrons. The van der Waals surface area contributed by atoms with Crippen LogP contribution in [-0.2, 0) is 4.74 Å². The third-order valence-electron chi connectivity index (χ3n) is 4.07. The van der Waals surface area contributed by atoms with Crippen LogP contribution >= 0.6 is 0 Å². The van der Waals surface area contributed by atoms with Crippen LogP contribution in [-0.4, -0.2) is 17.7 Å². The number of unbranched alkanes of at least 4 members (excludes halogenated alkanes) is 1. The summed E-state index contributed by atoms with van der Waals surface area (Å²) in [5.74, 6) is 1.59. The molecule has 2 N–H and O–H groups in total. The highest BCUT2D eigenvalue weighted by molar-refractivity contribution is 5.67. The topological polar surface area (TPSA) is 50.4 Å². The van der Waals surface area contributed by atoms with Crippen molar-refractivity contribution in [3.63, 3.8) is 0 Å². The van der Waals surface area contributed by atoms with E-state index in [0.717, 1.165) is 24.7 Å². The van der Waals surface area contributed by atoms with Crippen molar-refractivity contribution < 1.29 is 9.53 Å². The number of nitrogens with one attached hydrogen (secondary N) is 2. The predicted octanol–water partition coefficient (Wildman–Crippen LogP) is 4.01. The first-order chi connectivity index (χ1) is 9.31. The van der Waals surface area contributed by atoms with Crippen molar-refractivity contribution in [3.8, 4) is 0 Å². The molecule has 0 unspecified atom stereocenters. The molecule has 0 aromatic rings. The van der Waals surface area contributed by atoms with E-state index in [2.05, 4.69) is 24.7 Å². The maximum Gasteiger partial charge on any atom is 0.422 e. The Kier molecular flexibility index (Phi) is 6.80. The number of carbonyl (C=O) groups is 1. The summed E-state index contributed by atoms with van der Waals surface area (Å²) < 4.78 is 5.23. The summed E-state index contributed by atoms with van der Waals surface area (Å²) in [6.07, 6.45) is 7.00. The maximum atomic E-state index is 11.6. The molecule has 1 rings (SSSR count). The van der Waals surface area contributed by atoms with E-state index >= 15 is 0 Å². The fourth-order valence-corrected chi connectivity index (χ4v) is 2.88. The molecule has 3 atom stereocenters. The molecule has 1 fully saturated rings. The van der Waals surface area contributed by atoms with Crippen molar-refractivity contribution in [1.82, 2.24) is 10.9 Å². The molecule has 0 bridgehead atoms. The molecule has 1 aliphatic carbocycles. The van der Waals surface area contributed by atoms with Gasteiger partial charge >= 0.3 is 6.09 Å². The molecule has 0 aliphatic heterocycles. The number of ether oxygens (including phenoxy) is 1. The molecule has 1 saturated carbocycles. The van der Waals surface area contributed by atoms with Gasteiger partial charge in [0.05, 0.1) is 0 Å². The first-order valence-electron chi connectivity index (χ1n) is 8.06. The van der Waals surface area contributed by atoms with Gasteiger partial charge in [-0.15, -0.1) is 0 Å². The van der Waals surface area contributed by atoms with Crippen LogP contribution in [0.1, 0.15) is 73.1 Å². The molecule has 0 saturated heterocycles. The van der Waals surface area contributed by atoms with Gasteiger partial charge in [0.15, 0.2) is 0 Å². The number of carbonyl (C=O) groups excluding carboxylic acids is 1. The average Bonchev–Trinajstić information content (AvgIpc) is 2.34. The molecule has 1 aliphatic rings. The van der Waals surface area contributed by atoms with E-state index in [1.807, 2.05) is 20.8 Å². The van der Waals surface area contributed by atoms with Crippen LogP contribution in [0.15, 0.2) is 0 Å². The Balaban J connectivity index is 2.32. The van der Waals surface area contributed by atoms with Gasteiger partial charge in [0.2, 0.25) is 0 Å². The zero-order valence-electron chi connectivity index (χ0n) is 13.8. The molecule has 0 radical (unpaired) electrons. The highest BCUT2D eigenvalue weighted by Crippen LogP contribution is 2.33. The second kappa shape index (κ2) is 7.87. The van der Waals surface area contributed by atoms with Gasteiger partial charge in [0.25, 0.3) is 0 Å². The Bertz CT molecular complexity index is 299. The Morgan fingerprint density at radius 1 is 1.30 bits per heavy atom. The standard InChI is InChI=1S/C16H32N2O2/c1-6-7-8-13-11-14(10-9-12(13)2)17-18-15(19)20-16(3,4)5/h12-14,17H,6-11H2,1-5H3,(H,18,19)/t12-,13-,14+/m0/s1. The molecular formula is C16H32N2O2. The van der Waals surface area contributed by atoms with Gasteiger partial charge < -0.3 is 4.74 Å². The molecule has 0 aromatic heterocycles. The van der Waals surface area contributed by atoms with E-state index in [1.54, 1.807) is 0 Å². The van der Waals surface area contributed by atoms with Gasteiger partial charge in [-0.1, -0.05) is 33.1 Å². The SMILES string of the molecule is CCCC[C@H]1C[C@H](NNC(=O)OC(C)(C)C)CC[C@@H]1C. The monoisotopic (exact) mass is 284 g/mol. The predicted molar refractivity (Wildman–Crippen MR) is 82.3 cm³/mol. The fraction of sp³-hybridized carbons (Fsp3) is 0.938.